The highest BCUT2D eigenvalue weighted by atomic mass is 35.5. The van der Waals surface area contributed by atoms with Crippen LogP contribution >= 0.6 is 11.6 Å². The number of hydrogen-bond donors (Lipinski definition) is 1. The molecular weight excluding hydrogens is 516 g/mol. The van der Waals surface area contributed by atoms with Crippen molar-refractivity contribution in [3.8, 4) is 16.9 Å². The van der Waals surface area contributed by atoms with Crippen molar-refractivity contribution in [3.05, 3.63) is 83.5 Å². The van der Waals surface area contributed by atoms with Gasteiger partial charge in [0.05, 0.1) is 11.7 Å². The maximum absolute atomic E-state index is 13.3. The van der Waals surface area contributed by atoms with E-state index >= 15 is 0 Å². The Hall–Kier alpha value is -4.37. The first-order valence-electron chi connectivity index (χ1n) is 12.7. The Morgan fingerprint density at radius 2 is 1.90 bits per heavy atom. The van der Waals surface area contributed by atoms with Crippen molar-refractivity contribution in [1.82, 2.24) is 14.5 Å². The summed E-state index contributed by atoms with van der Waals surface area (Å²) < 4.78 is 7.86. The maximum atomic E-state index is 13.3. The number of nitrogens with zero attached hydrogens (tertiary/aromatic N) is 5. The van der Waals surface area contributed by atoms with E-state index in [-0.39, 0.29) is 11.3 Å². The molecule has 0 saturated carbocycles. The summed E-state index contributed by atoms with van der Waals surface area (Å²) in [6, 6.07) is 19.0. The fraction of sp³-hybridized carbons (Fsp3) is 0.241. The third-order valence-electron chi connectivity index (χ3n) is 7.36. The van der Waals surface area contributed by atoms with Crippen molar-refractivity contribution in [2.24, 2.45) is 7.05 Å². The number of hydrogen-bond acceptors (Lipinski definition) is 7. The fourth-order valence-electron chi connectivity index (χ4n) is 5.30. The van der Waals surface area contributed by atoms with Crippen LogP contribution in [0.4, 0.5) is 17.2 Å². The normalized spacial score (nSPS) is 16.2. The highest BCUT2D eigenvalue weighted by Crippen LogP contribution is 2.38. The summed E-state index contributed by atoms with van der Waals surface area (Å²) in [4.78, 5) is 39.2. The van der Waals surface area contributed by atoms with Gasteiger partial charge in [-0.2, -0.15) is 0 Å². The van der Waals surface area contributed by atoms with Gasteiger partial charge in [-0.15, -0.1) is 0 Å². The molecule has 0 unspecified atom stereocenters. The van der Waals surface area contributed by atoms with Crippen molar-refractivity contribution >= 4 is 40.5 Å². The van der Waals surface area contributed by atoms with Crippen LogP contribution < -0.4 is 19.9 Å². The lowest BCUT2D eigenvalue weighted by molar-refractivity contribution is -0.112. The molecule has 198 valence electrons. The molecule has 2 aromatic heterocycles. The highest BCUT2D eigenvalue weighted by Gasteiger charge is 2.34. The Morgan fingerprint density at radius 1 is 1.08 bits per heavy atom. The molecule has 1 amide bonds. The van der Waals surface area contributed by atoms with Gasteiger partial charge in [-0.1, -0.05) is 30.3 Å². The Kier molecular flexibility index (Phi) is 6.44. The Morgan fingerprint density at radius 3 is 2.69 bits per heavy atom. The summed E-state index contributed by atoms with van der Waals surface area (Å²) in [5, 5.41) is 3.00. The molecule has 1 atom stereocenters. The molecule has 0 bridgehead atoms. The SMILES string of the molecule is Cc1cc(-c2ccccc2)c(C(=O)C(=O)Nc2ccc3c(c2)OC[C@H]2CN(c4ccnc(Cl)n4)CCN32)n1C. The second kappa shape index (κ2) is 10.1. The van der Waals surface area contributed by atoms with Gasteiger partial charge in [-0.3, -0.25) is 9.59 Å². The van der Waals surface area contributed by atoms with E-state index in [0.29, 0.717) is 23.7 Å². The maximum Gasteiger partial charge on any atom is 0.298 e. The number of carbonyl (C=O) groups is 2. The lowest BCUT2D eigenvalue weighted by atomic mass is 10.0. The summed E-state index contributed by atoms with van der Waals surface area (Å²) in [6.07, 6.45) is 1.66. The molecule has 2 aliphatic heterocycles. The van der Waals surface area contributed by atoms with Gasteiger partial charge in [0.2, 0.25) is 5.28 Å². The van der Waals surface area contributed by atoms with Crippen LogP contribution in [0.1, 0.15) is 16.2 Å². The lowest BCUT2D eigenvalue weighted by Gasteiger charge is -2.46. The average Bonchev–Trinajstić information content (AvgIpc) is 3.26. The summed E-state index contributed by atoms with van der Waals surface area (Å²) in [5.74, 6) is 0.185. The van der Waals surface area contributed by atoms with Crippen molar-refractivity contribution in [3.63, 3.8) is 0 Å². The monoisotopic (exact) mass is 542 g/mol. The zero-order valence-corrected chi connectivity index (χ0v) is 22.4. The van der Waals surface area contributed by atoms with Gasteiger partial charge < -0.3 is 24.4 Å². The largest absolute Gasteiger partial charge is 0.489 e. The number of aromatic nitrogens is 3. The quantitative estimate of drug-likeness (QED) is 0.228. The van der Waals surface area contributed by atoms with E-state index in [2.05, 4.69) is 25.1 Å². The van der Waals surface area contributed by atoms with E-state index in [9.17, 15) is 9.59 Å². The molecular formula is C29H27ClN6O3. The number of nitrogens with one attached hydrogen (secondary N) is 1. The van der Waals surface area contributed by atoms with Crippen molar-refractivity contribution < 1.29 is 14.3 Å². The first kappa shape index (κ1) is 24.9. The standard InChI is InChI=1S/C29H27ClN6O3/c1-18-14-22(19-6-4-3-5-7-19)26(34(18)2)27(37)28(38)32-20-8-9-23-24(15-20)39-17-21-16-35(12-13-36(21)23)25-10-11-31-29(30)33-25/h3-11,14-15,21H,12-13,16-17H2,1-2H3,(H,32,38)/t21-/m1/s1. The minimum atomic E-state index is -0.695. The van der Waals surface area contributed by atoms with Crippen molar-refractivity contribution in [2.75, 3.05) is 41.4 Å². The van der Waals surface area contributed by atoms with Gasteiger partial charge in [0.1, 0.15) is 23.9 Å². The number of anilines is 3. The van der Waals surface area contributed by atoms with E-state index < -0.39 is 11.7 Å². The number of piperazine rings is 1. The molecule has 4 heterocycles. The number of fused-ring (bicyclic) bond motifs is 3. The van der Waals surface area contributed by atoms with Crippen molar-refractivity contribution in [1.29, 1.82) is 0 Å². The number of ether oxygens (including phenoxy) is 1. The minimum Gasteiger partial charge on any atom is -0.489 e. The lowest BCUT2D eigenvalue weighted by Crippen LogP contribution is -2.57. The zero-order chi connectivity index (χ0) is 27.1. The van der Waals surface area contributed by atoms with E-state index in [0.717, 1.165) is 48.0 Å². The second-order valence-corrected chi connectivity index (χ2v) is 10.1. The summed E-state index contributed by atoms with van der Waals surface area (Å²) in [5.41, 5.74) is 4.34. The minimum absolute atomic E-state index is 0.138. The second-order valence-electron chi connectivity index (χ2n) is 9.73. The molecule has 1 fully saturated rings. The molecule has 1 saturated heterocycles. The predicted octanol–water partition coefficient (Wildman–Crippen LogP) is 4.35. The predicted molar refractivity (Wildman–Crippen MR) is 151 cm³/mol. The Bertz CT molecular complexity index is 1570. The number of amides is 1. The number of ketones is 1. The molecule has 1 N–H and O–H groups in total. The molecule has 2 aliphatic rings. The van der Waals surface area contributed by atoms with Gasteiger partial charge >= 0.3 is 0 Å². The Labute approximate surface area is 231 Å². The van der Waals surface area contributed by atoms with Crippen molar-refractivity contribution in [2.45, 2.75) is 13.0 Å². The number of halogens is 1. The number of rotatable bonds is 5. The molecule has 0 aliphatic carbocycles. The number of benzene rings is 2. The Balaban J connectivity index is 1.18. The van der Waals surface area contributed by atoms with Gasteiger partial charge in [-0.25, -0.2) is 9.97 Å². The average molecular weight is 543 g/mol. The molecule has 9 nitrogen and oxygen atoms in total. The van der Waals surface area contributed by atoms with Crippen LogP contribution in [0.2, 0.25) is 5.28 Å². The summed E-state index contributed by atoms with van der Waals surface area (Å²) in [7, 11) is 1.80. The van der Waals surface area contributed by atoms with Crippen LogP contribution in [0.3, 0.4) is 0 Å². The third-order valence-corrected chi connectivity index (χ3v) is 7.54. The molecule has 10 heteroatoms. The smallest absolute Gasteiger partial charge is 0.298 e. The van der Waals surface area contributed by atoms with Gasteiger partial charge in [0, 0.05) is 55.9 Å². The zero-order valence-electron chi connectivity index (χ0n) is 21.6. The summed E-state index contributed by atoms with van der Waals surface area (Å²) >= 11 is 5.98. The molecule has 39 heavy (non-hydrogen) atoms. The number of Topliss-reactive ketones (excluding diaryl/α,β-unsaturated/α-hetero) is 1. The van der Waals surface area contributed by atoms with Crippen LogP contribution in [0.5, 0.6) is 5.75 Å². The van der Waals surface area contributed by atoms with Crippen LogP contribution in [-0.2, 0) is 11.8 Å². The first-order valence-corrected chi connectivity index (χ1v) is 13.1. The molecule has 6 rings (SSSR count). The van der Waals surface area contributed by atoms with Crippen LogP contribution in [0.15, 0.2) is 66.9 Å². The molecule has 0 radical (unpaired) electrons. The van der Waals surface area contributed by atoms with Gasteiger partial charge in [0.25, 0.3) is 11.7 Å². The molecule has 2 aromatic carbocycles. The van der Waals surface area contributed by atoms with Crippen LogP contribution in [0.25, 0.3) is 11.1 Å². The van der Waals surface area contributed by atoms with Crippen LogP contribution in [0, 0.1) is 6.92 Å². The number of carbonyl (C=O) groups excluding carboxylic acids is 2. The van der Waals surface area contributed by atoms with E-state index in [1.165, 1.54) is 0 Å². The van der Waals surface area contributed by atoms with E-state index in [1.54, 1.807) is 29.9 Å². The van der Waals surface area contributed by atoms with E-state index in [1.807, 2.05) is 55.5 Å². The highest BCUT2D eigenvalue weighted by molar-refractivity contribution is 6.47. The summed E-state index contributed by atoms with van der Waals surface area (Å²) in [6.45, 7) is 4.69. The first-order chi connectivity index (χ1) is 18.9. The van der Waals surface area contributed by atoms with Gasteiger partial charge in [-0.05, 0) is 48.4 Å². The number of aryl methyl sites for hydroxylation is 1. The fourth-order valence-corrected chi connectivity index (χ4v) is 5.44. The molecule has 0 spiro atoms. The third kappa shape index (κ3) is 4.70. The van der Waals surface area contributed by atoms with E-state index in [4.69, 9.17) is 16.3 Å². The molecule has 4 aromatic rings. The van der Waals surface area contributed by atoms with Gasteiger partial charge in [0.15, 0.2) is 0 Å². The topological polar surface area (TPSA) is 92.6 Å². The van der Waals surface area contributed by atoms with Crippen LogP contribution in [-0.4, -0.2) is 58.5 Å².